The molecule has 0 unspecified atom stereocenters. The molecule has 1 aliphatic carbocycles. The summed E-state index contributed by atoms with van der Waals surface area (Å²) in [4.78, 5) is 28.7. The summed E-state index contributed by atoms with van der Waals surface area (Å²) in [5.74, 6) is -0.130. The molecule has 138 valence electrons. The van der Waals surface area contributed by atoms with E-state index in [2.05, 4.69) is 15.4 Å². The van der Waals surface area contributed by atoms with Crippen LogP contribution in [0.5, 0.6) is 0 Å². The molecule has 1 N–H and O–H groups in total. The van der Waals surface area contributed by atoms with E-state index < -0.39 is 5.97 Å². The van der Waals surface area contributed by atoms with Crippen LogP contribution in [-0.4, -0.2) is 39.3 Å². The number of pyridine rings is 1. The van der Waals surface area contributed by atoms with E-state index in [1.54, 1.807) is 10.9 Å². The molecule has 0 bridgehead atoms. The molecule has 0 atom stereocenters. The first-order chi connectivity index (χ1) is 12.6. The van der Waals surface area contributed by atoms with Crippen molar-refractivity contribution in [3.63, 3.8) is 0 Å². The second-order valence-electron chi connectivity index (χ2n) is 6.82. The number of hydrogen-bond donors (Lipinski definition) is 1. The van der Waals surface area contributed by atoms with E-state index in [-0.39, 0.29) is 24.5 Å². The molecule has 0 spiro atoms. The third-order valence-electron chi connectivity index (χ3n) is 4.49. The van der Waals surface area contributed by atoms with Gasteiger partial charge in [0, 0.05) is 12.2 Å². The summed E-state index contributed by atoms with van der Waals surface area (Å²) in [6, 6.07) is 5.71. The number of esters is 1. The summed E-state index contributed by atoms with van der Waals surface area (Å²) >= 11 is 0. The zero-order valence-corrected chi connectivity index (χ0v) is 15.1. The fraction of sp³-hybridized carbons (Fsp3) is 0.474. The van der Waals surface area contributed by atoms with Crippen molar-refractivity contribution in [3.8, 4) is 5.82 Å². The molecule has 0 aliphatic heterocycles. The molecule has 2 aromatic rings. The predicted octanol–water partition coefficient (Wildman–Crippen LogP) is 2.61. The molecular weight excluding hydrogens is 332 g/mol. The minimum absolute atomic E-state index is 0.0365. The maximum absolute atomic E-state index is 12.5. The predicted molar refractivity (Wildman–Crippen MR) is 96.1 cm³/mol. The van der Waals surface area contributed by atoms with Crippen LogP contribution in [0.15, 0.2) is 30.6 Å². The zero-order valence-electron chi connectivity index (χ0n) is 15.1. The first-order valence-corrected chi connectivity index (χ1v) is 9.02. The van der Waals surface area contributed by atoms with Crippen LogP contribution in [-0.2, 0) is 9.53 Å². The number of carbonyl (C=O) groups is 2. The first kappa shape index (κ1) is 18.1. The lowest BCUT2D eigenvalue weighted by molar-refractivity contribution is -0.124. The second kappa shape index (κ2) is 8.12. The van der Waals surface area contributed by atoms with E-state index in [1.165, 1.54) is 6.20 Å². The lowest BCUT2D eigenvalue weighted by atomic mass is 10.1. The van der Waals surface area contributed by atoms with Crippen molar-refractivity contribution >= 4 is 11.9 Å². The SMILES string of the molecule is CC(C)c1c(C(=O)OCC(=O)NC2CCCC2)cnn1-c1ccccn1. The number of amides is 1. The second-order valence-corrected chi connectivity index (χ2v) is 6.82. The third kappa shape index (κ3) is 4.09. The number of carbonyl (C=O) groups excluding carboxylic acids is 2. The Hall–Kier alpha value is -2.70. The van der Waals surface area contributed by atoms with Crippen LogP contribution in [0.3, 0.4) is 0 Å². The fourth-order valence-electron chi connectivity index (χ4n) is 3.28. The van der Waals surface area contributed by atoms with E-state index in [4.69, 9.17) is 4.74 Å². The summed E-state index contributed by atoms with van der Waals surface area (Å²) in [5, 5.41) is 7.20. The lowest BCUT2D eigenvalue weighted by Gasteiger charge is -2.13. The van der Waals surface area contributed by atoms with Crippen molar-refractivity contribution in [2.24, 2.45) is 0 Å². The van der Waals surface area contributed by atoms with Crippen molar-refractivity contribution in [1.82, 2.24) is 20.1 Å². The molecule has 0 saturated heterocycles. The molecule has 7 heteroatoms. The van der Waals surface area contributed by atoms with Gasteiger partial charge in [-0.1, -0.05) is 32.8 Å². The Morgan fingerprint density at radius 2 is 2.08 bits per heavy atom. The van der Waals surface area contributed by atoms with Crippen LogP contribution in [0.25, 0.3) is 5.82 Å². The van der Waals surface area contributed by atoms with Crippen LogP contribution in [0.1, 0.15) is 61.5 Å². The molecular formula is C19H24N4O3. The number of ether oxygens (including phenoxy) is 1. The number of rotatable bonds is 6. The van der Waals surface area contributed by atoms with Crippen molar-refractivity contribution in [2.75, 3.05) is 6.61 Å². The van der Waals surface area contributed by atoms with Crippen LogP contribution in [0, 0.1) is 0 Å². The maximum Gasteiger partial charge on any atom is 0.342 e. The number of hydrogen-bond acceptors (Lipinski definition) is 5. The standard InChI is InChI=1S/C19H24N4O3/c1-13(2)18-15(11-21-23(18)16-9-5-6-10-20-16)19(25)26-12-17(24)22-14-7-3-4-8-14/h5-6,9-11,13-14H,3-4,7-8,12H2,1-2H3,(H,22,24). The van der Waals surface area contributed by atoms with E-state index in [1.807, 2.05) is 32.0 Å². The van der Waals surface area contributed by atoms with Crippen molar-refractivity contribution in [2.45, 2.75) is 51.5 Å². The van der Waals surface area contributed by atoms with Crippen LogP contribution >= 0.6 is 0 Å². The van der Waals surface area contributed by atoms with Crippen molar-refractivity contribution in [1.29, 1.82) is 0 Å². The summed E-state index contributed by atoms with van der Waals surface area (Å²) < 4.78 is 6.85. The van der Waals surface area contributed by atoms with Gasteiger partial charge in [-0.2, -0.15) is 5.10 Å². The third-order valence-corrected chi connectivity index (χ3v) is 4.49. The van der Waals surface area contributed by atoms with Crippen LogP contribution in [0.2, 0.25) is 0 Å². The highest BCUT2D eigenvalue weighted by Gasteiger charge is 2.24. The molecule has 26 heavy (non-hydrogen) atoms. The molecule has 1 fully saturated rings. The largest absolute Gasteiger partial charge is 0.452 e. The van der Waals surface area contributed by atoms with E-state index in [9.17, 15) is 9.59 Å². The summed E-state index contributed by atoms with van der Waals surface area (Å²) in [5.41, 5.74) is 1.07. The Morgan fingerprint density at radius 1 is 1.31 bits per heavy atom. The van der Waals surface area contributed by atoms with Gasteiger partial charge in [0.1, 0.15) is 5.56 Å². The summed E-state index contributed by atoms with van der Waals surface area (Å²) in [6.07, 6.45) is 7.40. The molecule has 2 aromatic heterocycles. The topological polar surface area (TPSA) is 86.1 Å². The monoisotopic (exact) mass is 356 g/mol. The maximum atomic E-state index is 12.5. The van der Waals surface area contributed by atoms with Gasteiger partial charge in [0.15, 0.2) is 12.4 Å². The normalized spacial score (nSPS) is 14.6. The first-order valence-electron chi connectivity index (χ1n) is 9.02. The average Bonchev–Trinajstić information content (AvgIpc) is 3.30. The molecule has 0 radical (unpaired) electrons. The quantitative estimate of drug-likeness (QED) is 0.804. The number of aromatic nitrogens is 3. The van der Waals surface area contributed by atoms with Gasteiger partial charge >= 0.3 is 5.97 Å². The van der Waals surface area contributed by atoms with Gasteiger partial charge in [-0.05, 0) is 30.9 Å². The molecule has 1 saturated carbocycles. The van der Waals surface area contributed by atoms with Crippen LogP contribution < -0.4 is 5.32 Å². The number of nitrogens with one attached hydrogen (secondary N) is 1. The Balaban J connectivity index is 1.69. The van der Waals surface area contributed by atoms with Crippen molar-refractivity contribution < 1.29 is 14.3 Å². The minimum Gasteiger partial charge on any atom is -0.452 e. The zero-order chi connectivity index (χ0) is 18.5. The smallest absolute Gasteiger partial charge is 0.342 e. The number of nitrogens with zero attached hydrogens (tertiary/aromatic N) is 3. The summed E-state index contributed by atoms with van der Waals surface area (Å²) in [6.45, 7) is 3.67. The van der Waals surface area contributed by atoms with Gasteiger partial charge in [-0.25, -0.2) is 14.5 Å². The molecule has 1 aliphatic rings. The van der Waals surface area contributed by atoms with Gasteiger partial charge in [0.2, 0.25) is 0 Å². The molecule has 1 amide bonds. The van der Waals surface area contributed by atoms with Crippen molar-refractivity contribution in [3.05, 3.63) is 41.9 Å². The summed E-state index contributed by atoms with van der Waals surface area (Å²) in [7, 11) is 0. The minimum atomic E-state index is -0.544. The Morgan fingerprint density at radius 3 is 2.73 bits per heavy atom. The highest BCUT2D eigenvalue weighted by molar-refractivity contribution is 5.92. The fourth-order valence-corrected chi connectivity index (χ4v) is 3.28. The van der Waals surface area contributed by atoms with Gasteiger partial charge in [0.25, 0.3) is 5.91 Å². The molecule has 2 heterocycles. The van der Waals surface area contributed by atoms with Gasteiger partial charge in [-0.15, -0.1) is 0 Å². The van der Waals surface area contributed by atoms with Gasteiger partial charge in [0.05, 0.1) is 11.9 Å². The highest BCUT2D eigenvalue weighted by Crippen LogP contribution is 2.23. The van der Waals surface area contributed by atoms with Gasteiger partial charge in [-0.3, -0.25) is 4.79 Å². The van der Waals surface area contributed by atoms with E-state index in [0.717, 1.165) is 25.7 Å². The average molecular weight is 356 g/mol. The van der Waals surface area contributed by atoms with Crippen LogP contribution in [0.4, 0.5) is 0 Å². The lowest BCUT2D eigenvalue weighted by Crippen LogP contribution is -2.36. The Labute approximate surface area is 152 Å². The Bertz CT molecular complexity index is 764. The van der Waals surface area contributed by atoms with E-state index >= 15 is 0 Å². The van der Waals surface area contributed by atoms with Gasteiger partial charge < -0.3 is 10.1 Å². The molecule has 0 aromatic carbocycles. The Kier molecular flexibility index (Phi) is 5.65. The van der Waals surface area contributed by atoms with E-state index in [0.29, 0.717) is 17.1 Å². The molecule has 3 rings (SSSR count). The highest BCUT2D eigenvalue weighted by atomic mass is 16.5. The molecule has 7 nitrogen and oxygen atoms in total.